The topological polar surface area (TPSA) is 88.0 Å². The van der Waals surface area contributed by atoms with E-state index in [1.54, 1.807) is 24.5 Å². The summed E-state index contributed by atoms with van der Waals surface area (Å²) in [7, 11) is 0. The van der Waals surface area contributed by atoms with Gasteiger partial charge in [-0.2, -0.15) is 0 Å². The van der Waals surface area contributed by atoms with Gasteiger partial charge in [-0.05, 0) is 37.6 Å². The maximum atomic E-state index is 12.1. The molecule has 0 aliphatic carbocycles. The van der Waals surface area contributed by atoms with Gasteiger partial charge in [0.15, 0.2) is 0 Å². The largest absolute Gasteiger partial charge is 0.469 e. The summed E-state index contributed by atoms with van der Waals surface area (Å²) in [6, 6.07) is 11.0. The molecule has 0 radical (unpaired) electrons. The van der Waals surface area contributed by atoms with Gasteiger partial charge in [-0.15, -0.1) is 0 Å². The minimum Gasteiger partial charge on any atom is -0.469 e. The first-order chi connectivity index (χ1) is 12.1. The second-order valence-corrected chi connectivity index (χ2v) is 6.12. The highest BCUT2D eigenvalue weighted by atomic mass is 16.3. The third-order valence-corrected chi connectivity index (χ3v) is 4.06. The number of nitrogens with one attached hydrogen (secondary N) is 2. The maximum absolute atomic E-state index is 12.1. The van der Waals surface area contributed by atoms with Gasteiger partial charge in [0.05, 0.1) is 17.2 Å². The third-order valence-electron chi connectivity index (χ3n) is 4.06. The molecule has 6 heteroatoms. The summed E-state index contributed by atoms with van der Waals surface area (Å²) < 4.78 is 5.29. The molecular formula is C19H21N3O3. The summed E-state index contributed by atoms with van der Waals surface area (Å²) in [6.45, 7) is 1.97. The van der Waals surface area contributed by atoms with Crippen molar-refractivity contribution in [2.75, 3.05) is 0 Å². The van der Waals surface area contributed by atoms with Crippen molar-refractivity contribution in [2.24, 2.45) is 0 Å². The molecule has 3 aromatic rings. The molecule has 0 fully saturated rings. The maximum Gasteiger partial charge on any atom is 0.258 e. The molecule has 1 amide bonds. The van der Waals surface area contributed by atoms with Crippen LogP contribution in [0.15, 0.2) is 51.9 Å². The number of benzene rings is 1. The van der Waals surface area contributed by atoms with Crippen LogP contribution in [0, 0.1) is 0 Å². The molecule has 0 aliphatic rings. The monoisotopic (exact) mass is 339 g/mol. The van der Waals surface area contributed by atoms with E-state index in [0.717, 1.165) is 18.6 Å². The summed E-state index contributed by atoms with van der Waals surface area (Å²) in [4.78, 5) is 31.2. The summed E-state index contributed by atoms with van der Waals surface area (Å²) in [5, 5.41) is 3.52. The molecule has 0 spiro atoms. The Morgan fingerprint density at radius 3 is 2.88 bits per heavy atom. The van der Waals surface area contributed by atoms with Crippen LogP contribution < -0.4 is 10.9 Å². The number of fused-ring (bicyclic) bond motifs is 1. The Balaban J connectivity index is 1.51. The molecule has 0 bridgehead atoms. The predicted octanol–water partition coefficient (Wildman–Crippen LogP) is 2.59. The lowest BCUT2D eigenvalue weighted by Gasteiger charge is -2.13. The van der Waals surface area contributed by atoms with Gasteiger partial charge in [0, 0.05) is 25.3 Å². The number of hydrogen-bond acceptors (Lipinski definition) is 4. The first-order valence-electron chi connectivity index (χ1n) is 8.41. The summed E-state index contributed by atoms with van der Waals surface area (Å²) in [6.07, 6.45) is 3.93. The van der Waals surface area contributed by atoms with E-state index in [1.807, 2.05) is 25.1 Å². The minimum atomic E-state index is -0.173. The minimum absolute atomic E-state index is 0.0530. The molecule has 0 saturated heterocycles. The quantitative estimate of drug-likeness (QED) is 0.692. The molecule has 2 aromatic heterocycles. The molecule has 3 rings (SSSR count). The number of aryl methyl sites for hydroxylation is 2. The number of aromatic nitrogens is 2. The van der Waals surface area contributed by atoms with Crippen LogP contribution in [-0.4, -0.2) is 21.9 Å². The van der Waals surface area contributed by atoms with Crippen molar-refractivity contribution in [3.05, 3.63) is 64.6 Å². The number of nitrogens with zero attached hydrogens (tertiary/aromatic N) is 1. The first-order valence-corrected chi connectivity index (χ1v) is 8.41. The van der Waals surface area contributed by atoms with Gasteiger partial charge >= 0.3 is 0 Å². The number of amides is 1. The molecule has 1 unspecified atom stereocenters. The highest BCUT2D eigenvalue weighted by molar-refractivity contribution is 5.78. The van der Waals surface area contributed by atoms with Crippen LogP contribution in [-0.2, 0) is 17.6 Å². The number of para-hydroxylation sites is 1. The first kappa shape index (κ1) is 17.0. The normalized spacial score (nSPS) is 12.2. The Kier molecular flexibility index (Phi) is 5.28. The zero-order valence-corrected chi connectivity index (χ0v) is 14.1. The Bertz CT molecular complexity index is 900. The summed E-state index contributed by atoms with van der Waals surface area (Å²) in [5.41, 5.74) is 0.473. The van der Waals surface area contributed by atoms with Gasteiger partial charge in [0.2, 0.25) is 5.91 Å². The second kappa shape index (κ2) is 7.79. The van der Waals surface area contributed by atoms with Crippen molar-refractivity contribution in [1.82, 2.24) is 15.3 Å². The Morgan fingerprint density at radius 2 is 2.08 bits per heavy atom. The molecule has 1 atom stereocenters. The second-order valence-electron chi connectivity index (χ2n) is 6.12. The number of H-pyrrole nitrogens is 1. The molecule has 1 aromatic carbocycles. The Hall–Kier alpha value is -2.89. The van der Waals surface area contributed by atoms with Crippen molar-refractivity contribution >= 4 is 16.8 Å². The van der Waals surface area contributed by atoms with Crippen LogP contribution in [0.2, 0.25) is 0 Å². The smallest absolute Gasteiger partial charge is 0.258 e. The van der Waals surface area contributed by atoms with Crippen molar-refractivity contribution in [3.63, 3.8) is 0 Å². The SMILES string of the molecule is CC(CCc1ccco1)NC(=O)CCc1nc2ccccc2c(=O)[nH]1. The lowest BCUT2D eigenvalue weighted by atomic mass is 10.1. The molecular weight excluding hydrogens is 318 g/mol. The van der Waals surface area contributed by atoms with Crippen LogP contribution in [0.4, 0.5) is 0 Å². The predicted molar refractivity (Wildman–Crippen MR) is 95.3 cm³/mol. The standard InChI is InChI=1S/C19H21N3O3/c1-13(8-9-14-5-4-12-25-14)20-18(23)11-10-17-21-16-7-3-2-6-15(16)19(24)22-17/h2-7,12-13H,8-11H2,1H3,(H,20,23)(H,21,22,24). The van der Waals surface area contributed by atoms with Crippen molar-refractivity contribution in [2.45, 2.75) is 38.6 Å². The van der Waals surface area contributed by atoms with Gasteiger partial charge in [-0.3, -0.25) is 9.59 Å². The van der Waals surface area contributed by atoms with Crippen molar-refractivity contribution in [3.8, 4) is 0 Å². The lowest BCUT2D eigenvalue weighted by Crippen LogP contribution is -2.33. The molecule has 25 heavy (non-hydrogen) atoms. The molecule has 0 saturated carbocycles. The number of carbonyl (C=O) groups excluding carboxylic acids is 1. The summed E-state index contributed by atoms with van der Waals surface area (Å²) >= 11 is 0. The third kappa shape index (κ3) is 4.56. The van der Waals surface area contributed by atoms with E-state index in [0.29, 0.717) is 23.1 Å². The molecule has 130 valence electrons. The number of carbonyl (C=O) groups is 1. The van der Waals surface area contributed by atoms with E-state index in [-0.39, 0.29) is 23.9 Å². The Labute approximate surface area is 145 Å². The summed E-state index contributed by atoms with van der Waals surface area (Å²) in [5.74, 6) is 1.39. The number of aromatic amines is 1. The molecule has 6 nitrogen and oxygen atoms in total. The van der Waals surface area contributed by atoms with Gasteiger partial charge < -0.3 is 14.7 Å². The number of hydrogen-bond donors (Lipinski definition) is 2. The van der Waals surface area contributed by atoms with E-state index >= 15 is 0 Å². The fourth-order valence-electron chi connectivity index (χ4n) is 2.72. The molecule has 0 aliphatic heterocycles. The van der Waals surface area contributed by atoms with Gasteiger partial charge in [0.1, 0.15) is 11.6 Å². The highest BCUT2D eigenvalue weighted by Crippen LogP contribution is 2.08. The fourth-order valence-corrected chi connectivity index (χ4v) is 2.72. The van der Waals surface area contributed by atoms with Crippen LogP contribution in [0.5, 0.6) is 0 Å². The lowest BCUT2D eigenvalue weighted by molar-refractivity contribution is -0.121. The van der Waals surface area contributed by atoms with E-state index in [2.05, 4.69) is 15.3 Å². The highest BCUT2D eigenvalue weighted by Gasteiger charge is 2.10. The van der Waals surface area contributed by atoms with E-state index in [1.165, 1.54) is 0 Å². The molecule has 2 heterocycles. The van der Waals surface area contributed by atoms with Crippen LogP contribution in [0.1, 0.15) is 31.4 Å². The van der Waals surface area contributed by atoms with Gasteiger partial charge in [-0.1, -0.05) is 12.1 Å². The fraction of sp³-hybridized carbons (Fsp3) is 0.316. The zero-order chi connectivity index (χ0) is 17.6. The van der Waals surface area contributed by atoms with E-state index in [9.17, 15) is 9.59 Å². The van der Waals surface area contributed by atoms with Crippen molar-refractivity contribution in [1.29, 1.82) is 0 Å². The van der Waals surface area contributed by atoms with Crippen LogP contribution in [0.25, 0.3) is 10.9 Å². The van der Waals surface area contributed by atoms with Gasteiger partial charge in [0.25, 0.3) is 5.56 Å². The average Bonchev–Trinajstić information content (AvgIpc) is 3.12. The van der Waals surface area contributed by atoms with Crippen molar-refractivity contribution < 1.29 is 9.21 Å². The Morgan fingerprint density at radius 1 is 1.24 bits per heavy atom. The molecule has 2 N–H and O–H groups in total. The van der Waals surface area contributed by atoms with Gasteiger partial charge in [-0.25, -0.2) is 4.98 Å². The zero-order valence-electron chi connectivity index (χ0n) is 14.1. The number of furan rings is 1. The number of rotatable bonds is 7. The van der Waals surface area contributed by atoms with E-state index in [4.69, 9.17) is 4.42 Å². The van der Waals surface area contributed by atoms with Crippen LogP contribution in [0.3, 0.4) is 0 Å². The average molecular weight is 339 g/mol. The van der Waals surface area contributed by atoms with E-state index < -0.39 is 0 Å². The van der Waals surface area contributed by atoms with Crippen LogP contribution >= 0.6 is 0 Å².